The molecule has 1 amide bonds. The lowest BCUT2D eigenvalue weighted by Gasteiger charge is -2.06. The van der Waals surface area contributed by atoms with Gasteiger partial charge >= 0.3 is 5.97 Å². The predicted molar refractivity (Wildman–Crippen MR) is 68.2 cm³/mol. The van der Waals surface area contributed by atoms with Crippen LogP contribution in [0.15, 0.2) is 24.3 Å². The second-order valence-corrected chi connectivity index (χ2v) is 3.75. The number of amides is 1. The standard InChI is InChI=1S/C13H18N2O3/c1-3-14-9-12(16)15-8-10-4-6-11(7-5-10)13(17)18-2/h4-7,14H,3,8-9H2,1-2H3,(H,15,16). The molecule has 0 aromatic heterocycles. The summed E-state index contributed by atoms with van der Waals surface area (Å²) in [4.78, 5) is 22.6. The number of esters is 1. The van der Waals surface area contributed by atoms with Gasteiger partial charge in [0.1, 0.15) is 0 Å². The van der Waals surface area contributed by atoms with E-state index in [0.717, 1.165) is 12.1 Å². The van der Waals surface area contributed by atoms with Crippen molar-refractivity contribution in [2.75, 3.05) is 20.2 Å². The maximum Gasteiger partial charge on any atom is 0.337 e. The summed E-state index contributed by atoms with van der Waals surface area (Å²) in [5.74, 6) is -0.411. The number of rotatable bonds is 6. The smallest absolute Gasteiger partial charge is 0.337 e. The first-order valence-corrected chi connectivity index (χ1v) is 5.82. The molecular weight excluding hydrogens is 232 g/mol. The number of methoxy groups -OCH3 is 1. The van der Waals surface area contributed by atoms with Crippen molar-refractivity contribution >= 4 is 11.9 Å². The lowest BCUT2D eigenvalue weighted by Crippen LogP contribution is -2.33. The average molecular weight is 250 g/mol. The first-order valence-electron chi connectivity index (χ1n) is 5.82. The summed E-state index contributed by atoms with van der Waals surface area (Å²) in [6, 6.07) is 6.94. The topological polar surface area (TPSA) is 67.4 Å². The van der Waals surface area contributed by atoms with E-state index in [9.17, 15) is 9.59 Å². The highest BCUT2D eigenvalue weighted by Crippen LogP contribution is 2.05. The summed E-state index contributed by atoms with van der Waals surface area (Å²) in [6.07, 6.45) is 0. The van der Waals surface area contributed by atoms with Crippen LogP contribution >= 0.6 is 0 Å². The summed E-state index contributed by atoms with van der Waals surface area (Å²) in [6.45, 7) is 3.47. The molecule has 1 rings (SSSR count). The Hall–Kier alpha value is -1.88. The van der Waals surface area contributed by atoms with Crippen molar-refractivity contribution < 1.29 is 14.3 Å². The molecule has 0 bridgehead atoms. The van der Waals surface area contributed by atoms with Crippen molar-refractivity contribution in [3.8, 4) is 0 Å². The molecule has 5 heteroatoms. The monoisotopic (exact) mass is 250 g/mol. The molecule has 1 aromatic carbocycles. The van der Waals surface area contributed by atoms with Crippen molar-refractivity contribution in [2.24, 2.45) is 0 Å². The number of carbonyl (C=O) groups is 2. The molecule has 0 saturated carbocycles. The van der Waals surface area contributed by atoms with Crippen LogP contribution in [-0.4, -0.2) is 32.1 Å². The maximum absolute atomic E-state index is 11.3. The van der Waals surface area contributed by atoms with Gasteiger partial charge < -0.3 is 15.4 Å². The van der Waals surface area contributed by atoms with Crippen molar-refractivity contribution in [3.63, 3.8) is 0 Å². The Morgan fingerprint density at radius 2 is 1.89 bits per heavy atom. The van der Waals surface area contributed by atoms with Crippen molar-refractivity contribution in [3.05, 3.63) is 35.4 Å². The van der Waals surface area contributed by atoms with Crippen LogP contribution in [0.25, 0.3) is 0 Å². The lowest BCUT2D eigenvalue weighted by molar-refractivity contribution is -0.120. The van der Waals surface area contributed by atoms with Crippen LogP contribution in [0.2, 0.25) is 0 Å². The van der Waals surface area contributed by atoms with Crippen LogP contribution in [0.4, 0.5) is 0 Å². The van der Waals surface area contributed by atoms with Crippen LogP contribution in [-0.2, 0) is 16.1 Å². The second-order valence-electron chi connectivity index (χ2n) is 3.75. The Bertz CT molecular complexity index is 401. The largest absolute Gasteiger partial charge is 0.465 e. The van der Waals surface area contributed by atoms with Crippen LogP contribution < -0.4 is 10.6 Å². The van der Waals surface area contributed by atoms with Gasteiger partial charge in [0.05, 0.1) is 19.2 Å². The number of hydrogen-bond acceptors (Lipinski definition) is 4. The Balaban J connectivity index is 2.44. The van der Waals surface area contributed by atoms with Gasteiger partial charge in [-0.05, 0) is 24.2 Å². The first-order chi connectivity index (χ1) is 8.67. The van der Waals surface area contributed by atoms with E-state index in [1.165, 1.54) is 7.11 Å². The highest BCUT2D eigenvalue weighted by atomic mass is 16.5. The lowest BCUT2D eigenvalue weighted by atomic mass is 10.1. The molecule has 0 unspecified atom stereocenters. The number of benzene rings is 1. The van der Waals surface area contributed by atoms with Crippen LogP contribution in [0.5, 0.6) is 0 Å². The van der Waals surface area contributed by atoms with Gasteiger partial charge in [-0.25, -0.2) is 4.79 Å². The van der Waals surface area contributed by atoms with Crippen molar-refractivity contribution in [1.82, 2.24) is 10.6 Å². The molecule has 0 fully saturated rings. The number of hydrogen-bond donors (Lipinski definition) is 2. The summed E-state index contributed by atoms with van der Waals surface area (Å²) < 4.78 is 4.60. The van der Waals surface area contributed by atoms with Gasteiger partial charge in [-0.2, -0.15) is 0 Å². The van der Waals surface area contributed by atoms with Gasteiger partial charge in [0.2, 0.25) is 5.91 Å². The Morgan fingerprint density at radius 3 is 2.44 bits per heavy atom. The molecule has 0 spiro atoms. The van der Waals surface area contributed by atoms with E-state index in [2.05, 4.69) is 15.4 Å². The summed E-state index contributed by atoms with van der Waals surface area (Å²) in [7, 11) is 1.34. The average Bonchev–Trinajstić information content (AvgIpc) is 2.42. The third kappa shape index (κ3) is 4.55. The van der Waals surface area contributed by atoms with Crippen molar-refractivity contribution in [1.29, 1.82) is 0 Å². The van der Waals surface area contributed by atoms with Crippen LogP contribution in [0, 0.1) is 0 Å². The minimum absolute atomic E-state index is 0.0473. The molecule has 0 radical (unpaired) electrons. The van der Waals surface area contributed by atoms with Gasteiger partial charge in [-0.1, -0.05) is 19.1 Å². The normalized spacial score (nSPS) is 9.89. The summed E-state index contributed by atoms with van der Waals surface area (Å²) in [5.41, 5.74) is 1.44. The van der Waals surface area contributed by atoms with Gasteiger partial charge in [0, 0.05) is 6.54 Å². The Labute approximate surface area is 107 Å². The maximum atomic E-state index is 11.3. The molecule has 18 heavy (non-hydrogen) atoms. The highest BCUT2D eigenvalue weighted by Gasteiger charge is 2.05. The van der Waals surface area contributed by atoms with E-state index in [0.29, 0.717) is 18.7 Å². The molecule has 0 aliphatic carbocycles. The zero-order valence-electron chi connectivity index (χ0n) is 10.7. The molecular formula is C13H18N2O3. The number of likely N-dealkylation sites (N-methyl/N-ethyl adjacent to an activating group) is 1. The van der Waals surface area contributed by atoms with Gasteiger partial charge in [0.25, 0.3) is 0 Å². The SMILES string of the molecule is CCNCC(=O)NCc1ccc(C(=O)OC)cc1. The fraction of sp³-hybridized carbons (Fsp3) is 0.385. The third-order valence-corrected chi connectivity index (χ3v) is 2.40. The molecule has 0 saturated heterocycles. The fourth-order valence-electron chi connectivity index (χ4n) is 1.38. The molecule has 2 N–H and O–H groups in total. The van der Waals surface area contributed by atoms with E-state index in [4.69, 9.17) is 0 Å². The molecule has 0 aliphatic heterocycles. The summed E-state index contributed by atoms with van der Waals surface area (Å²) >= 11 is 0. The molecule has 98 valence electrons. The van der Waals surface area contributed by atoms with E-state index < -0.39 is 0 Å². The van der Waals surface area contributed by atoms with Gasteiger partial charge in [-0.15, -0.1) is 0 Å². The van der Waals surface area contributed by atoms with E-state index in [-0.39, 0.29) is 11.9 Å². The Kier molecular flexibility index (Phi) is 5.87. The summed E-state index contributed by atoms with van der Waals surface area (Å²) in [5, 5.41) is 5.72. The molecule has 0 atom stereocenters. The number of carbonyl (C=O) groups excluding carboxylic acids is 2. The first kappa shape index (κ1) is 14.2. The van der Waals surface area contributed by atoms with E-state index in [1.54, 1.807) is 24.3 Å². The second kappa shape index (κ2) is 7.45. The highest BCUT2D eigenvalue weighted by molar-refractivity contribution is 5.89. The predicted octanol–water partition coefficient (Wildman–Crippen LogP) is 0.699. The molecule has 5 nitrogen and oxygen atoms in total. The molecule has 0 heterocycles. The minimum atomic E-state index is -0.363. The Morgan fingerprint density at radius 1 is 1.22 bits per heavy atom. The molecule has 1 aromatic rings. The quantitative estimate of drug-likeness (QED) is 0.729. The number of nitrogens with one attached hydrogen (secondary N) is 2. The fourth-order valence-corrected chi connectivity index (χ4v) is 1.38. The number of ether oxygens (including phenoxy) is 1. The zero-order chi connectivity index (χ0) is 13.4. The van der Waals surface area contributed by atoms with Crippen LogP contribution in [0.3, 0.4) is 0 Å². The van der Waals surface area contributed by atoms with E-state index >= 15 is 0 Å². The zero-order valence-corrected chi connectivity index (χ0v) is 10.7. The molecule has 0 aliphatic rings. The van der Waals surface area contributed by atoms with Gasteiger partial charge in [0.15, 0.2) is 0 Å². The van der Waals surface area contributed by atoms with Gasteiger partial charge in [-0.3, -0.25) is 4.79 Å². The minimum Gasteiger partial charge on any atom is -0.465 e. The third-order valence-electron chi connectivity index (χ3n) is 2.40. The van der Waals surface area contributed by atoms with Crippen LogP contribution in [0.1, 0.15) is 22.8 Å². The van der Waals surface area contributed by atoms with E-state index in [1.807, 2.05) is 6.92 Å². The van der Waals surface area contributed by atoms with Crippen molar-refractivity contribution in [2.45, 2.75) is 13.5 Å².